The minimum atomic E-state index is 0.127. The summed E-state index contributed by atoms with van der Waals surface area (Å²) in [6.07, 6.45) is 9.47. The van der Waals surface area contributed by atoms with Gasteiger partial charge in [0.1, 0.15) is 6.10 Å². The van der Waals surface area contributed by atoms with E-state index >= 15 is 0 Å². The molecule has 0 aliphatic carbocycles. The maximum atomic E-state index is 8.50. The van der Waals surface area contributed by atoms with Crippen LogP contribution >= 0.6 is 0 Å². The number of hydrogen-bond donors (Lipinski definition) is 1. The lowest BCUT2D eigenvalue weighted by molar-refractivity contribution is 0.340. The molecule has 2 heteroatoms. The van der Waals surface area contributed by atoms with Gasteiger partial charge in [0, 0.05) is 0 Å². The van der Waals surface area contributed by atoms with E-state index < -0.39 is 0 Å². The molecule has 1 aliphatic heterocycles. The number of hydrogen-bond acceptors (Lipinski definition) is 2. The zero-order valence-electron chi connectivity index (χ0n) is 7.70. The van der Waals surface area contributed by atoms with E-state index in [9.17, 15) is 0 Å². The van der Waals surface area contributed by atoms with Gasteiger partial charge in [-0.25, -0.2) is 0 Å². The molecular formula is C10H18O2. The molecule has 0 bridgehead atoms. The average Bonchev–Trinajstić information content (AvgIpc) is 2.81. The highest BCUT2D eigenvalue weighted by Crippen LogP contribution is 2.28. The predicted molar refractivity (Wildman–Crippen MR) is 49.0 cm³/mol. The summed E-state index contributed by atoms with van der Waals surface area (Å²) in [7, 11) is 0. The molecule has 2 atom stereocenters. The van der Waals surface area contributed by atoms with Crippen molar-refractivity contribution in [2.75, 3.05) is 6.61 Å². The molecule has 0 radical (unpaired) electrons. The Morgan fingerprint density at radius 3 is 2.92 bits per heavy atom. The van der Waals surface area contributed by atoms with Crippen LogP contribution < -0.4 is 0 Å². The van der Waals surface area contributed by atoms with E-state index in [1.54, 1.807) is 6.08 Å². The van der Waals surface area contributed by atoms with E-state index in [1.807, 2.05) is 6.08 Å². The molecule has 2 nitrogen and oxygen atoms in total. The third-order valence-corrected chi connectivity index (χ3v) is 2.15. The molecule has 1 heterocycles. The van der Waals surface area contributed by atoms with Gasteiger partial charge in [0.25, 0.3) is 0 Å². The minimum Gasteiger partial charge on any atom is -0.392 e. The second-order valence-electron chi connectivity index (χ2n) is 3.25. The summed E-state index contributed by atoms with van der Waals surface area (Å²) in [5.41, 5.74) is 0. The quantitative estimate of drug-likeness (QED) is 0.375. The van der Waals surface area contributed by atoms with Gasteiger partial charge in [0.05, 0.1) is 12.7 Å². The summed E-state index contributed by atoms with van der Waals surface area (Å²) in [5.74, 6) is 0. The van der Waals surface area contributed by atoms with E-state index in [-0.39, 0.29) is 6.61 Å². The van der Waals surface area contributed by atoms with Gasteiger partial charge in [0.15, 0.2) is 0 Å². The van der Waals surface area contributed by atoms with Crippen LogP contribution in [0.25, 0.3) is 0 Å². The van der Waals surface area contributed by atoms with E-state index in [0.717, 1.165) is 0 Å². The van der Waals surface area contributed by atoms with Crippen LogP contribution in [0.2, 0.25) is 0 Å². The molecule has 1 aliphatic rings. The Hall–Kier alpha value is -0.340. The Labute approximate surface area is 74.2 Å². The van der Waals surface area contributed by atoms with Crippen LogP contribution in [0.5, 0.6) is 0 Å². The highest BCUT2D eigenvalue weighted by molar-refractivity contribution is 5.02. The van der Waals surface area contributed by atoms with Crippen molar-refractivity contribution in [1.82, 2.24) is 0 Å². The first-order valence-corrected chi connectivity index (χ1v) is 4.81. The van der Waals surface area contributed by atoms with Gasteiger partial charge in [-0.1, -0.05) is 38.3 Å². The first kappa shape index (κ1) is 9.75. The normalized spacial score (nSPS) is 28.2. The van der Waals surface area contributed by atoms with Crippen molar-refractivity contribution < 1.29 is 9.84 Å². The van der Waals surface area contributed by atoms with Gasteiger partial charge >= 0.3 is 0 Å². The lowest BCUT2D eigenvalue weighted by atomic mass is 10.1. The van der Waals surface area contributed by atoms with E-state index in [0.29, 0.717) is 12.2 Å². The van der Waals surface area contributed by atoms with Gasteiger partial charge in [-0.05, 0) is 6.42 Å². The fourth-order valence-electron chi connectivity index (χ4n) is 1.35. The molecule has 0 spiro atoms. The molecule has 0 aromatic carbocycles. The van der Waals surface area contributed by atoms with Crippen molar-refractivity contribution in [3.63, 3.8) is 0 Å². The van der Waals surface area contributed by atoms with Crippen molar-refractivity contribution in [1.29, 1.82) is 0 Å². The number of aliphatic hydroxyl groups is 1. The Morgan fingerprint density at radius 1 is 1.42 bits per heavy atom. The van der Waals surface area contributed by atoms with Gasteiger partial charge in [-0.15, -0.1) is 0 Å². The number of rotatable bonds is 6. The fraction of sp³-hybridized carbons (Fsp3) is 0.800. The van der Waals surface area contributed by atoms with Crippen molar-refractivity contribution in [2.45, 2.75) is 44.8 Å². The Morgan fingerprint density at radius 2 is 2.25 bits per heavy atom. The molecule has 1 fully saturated rings. The summed E-state index contributed by atoms with van der Waals surface area (Å²) in [5, 5.41) is 8.50. The molecular weight excluding hydrogens is 152 g/mol. The second-order valence-corrected chi connectivity index (χ2v) is 3.25. The average molecular weight is 170 g/mol. The standard InChI is InChI=1S/C10H18O2/c1-2-3-4-6-9-10(12-9)7-5-8-11/h5,7,9-11H,2-4,6,8H2,1H3/t9-,10-/m0/s1. The zero-order chi connectivity index (χ0) is 8.81. The van der Waals surface area contributed by atoms with Gasteiger partial charge < -0.3 is 9.84 Å². The largest absolute Gasteiger partial charge is 0.392 e. The van der Waals surface area contributed by atoms with Crippen LogP contribution in [0, 0.1) is 0 Å². The molecule has 12 heavy (non-hydrogen) atoms. The molecule has 0 saturated carbocycles. The van der Waals surface area contributed by atoms with E-state index in [2.05, 4.69) is 6.92 Å². The maximum absolute atomic E-state index is 8.50. The van der Waals surface area contributed by atoms with Crippen LogP contribution in [0.4, 0.5) is 0 Å². The molecule has 0 amide bonds. The SMILES string of the molecule is CCCCC[C@@H]1O[C@H]1C=CCO. The van der Waals surface area contributed by atoms with Crippen molar-refractivity contribution in [3.8, 4) is 0 Å². The lowest BCUT2D eigenvalue weighted by Gasteiger charge is -1.92. The van der Waals surface area contributed by atoms with E-state index in [4.69, 9.17) is 9.84 Å². The summed E-state index contributed by atoms with van der Waals surface area (Å²) in [6, 6.07) is 0. The molecule has 1 rings (SSSR count). The highest BCUT2D eigenvalue weighted by atomic mass is 16.6. The van der Waals surface area contributed by atoms with E-state index in [1.165, 1.54) is 25.7 Å². The third kappa shape index (κ3) is 3.37. The van der Waals surface area contributed by atoms with Gasteiger partial charge in [0.2, 0.25) is 0 Å². The smallest absolute Gasteiger partial charge is 0.102 e. The Kier molecular flexibility index (Phi) is 4.33. The third-order valence-electron chi connectivity index (χ3n) is 2.15. The first-order valence-electron chi connectivity index (χ1n) is 4.81. The number of unbranched alkanes of at least 4 members (excludes halogenated alkanes) is 2. The Balaban J connectivity index is 1.97. The summed E-state index contributed by atoms with van der Waals surface area (Å²) >= 11 is 0. The van der Waals surface area contributed by atoms with Gasteiger partial charge in [-0.3, -0.25) is 0 Å². The highest BCUT2D eigenvalue weighted by Gasteiger charge is 2.35. The predicted octanol–water partition coefficient (Wildman–Crippen LogP) is 1.88. The van der Waals surface area contributed by atoms with Crippen molar-refractivity contribution in [3.05, 3.63) is 12.2 Å². The Bertz CT molecular complexity index is 143. The first-order chi connectivity index (χ1) is 5.88. The topological polar surface area (TPSA) is 32.8 Å². The van der Waals surface area contributed by atoms with Crippen molar-refractivity contribution >= 4 is 0 Å². The van der Waals surface area contributed by atoms with Crippen LogP contribution in [0.3, 0.4) is 0 Å². The molecule has 1 N–H and O–H groups in total. The monoisotopic (exact) mass is 170 g/mol. The van der Waals surface area contributed by atoms with Crippen LogP contribution in [0.1, 0.15) is 32.6 Å². The maximum Gasteiger partial charge on any atom is 0.102 e. The lowest BCUT2D eigenvalue weighted by Crippen LogP contribution is -1.90. The zero-order valence-corrected chi connectivity index (χ0v) is 7.70. The molecule has 0 aromatic rings. The number of epoxide rings is 1. The van der Waals surface area contributed by atoms with Crippen LogP contribution in [-0.4, -0.2) is 23.9 Å². The van der Waals surface area contributed by atoms with Crippen LogP contribution in [-0.2, 0) is 4.74 Å². The summed E-state index contributed by atoms with van der Waals surface area (Å²) in [4.78, 5) is 0. The molecule has 70 valence electrons. The molecule has 0 aromatic heterocycles. The second kappa shape index (κ2) is 5.33. The summed E-state index contributed by atoms with van der Waals surface area (Å²) < 4.78 is 5.37. The molecule has 1 saturated heterocycles. The summed E-state index contributed by atoms with van der Waals surface area (Å²) in [6.45, 7) is 2.33. The van der Waals surface area contributed by atoms with Gasteiger partial charge in [-0.2, -0.15) is 0 Å². The fourth-order valence-corrected chi connectivity index (χ4v) is 1.35. The minimum absolute atomic E-state index is 0.127. The van der Waals surface area contributed by atoms with Crippen LogP contribution in [0.15, 0.2) is 12.2 Å². The number of aliphatic hydroxyl groups excluding tert-OH is 1. The molecule has 0 unspecified atom stereocenters. The van der Waals surface area contributed by atoms with Crippen molar-refractivity contribution in [2.24, 2.45) is 0 Å². The number of ether oxygens (including phenoxy) is 1.